The maximum atomic E-state index is 15.0. The maximum Gasteiger partial charge on any atom is 0.227 e. The summed E-state index contributed by atoms with van der Waals surface area (Å²) in [6.45, 7) is 4.21. The lowest BCUT2D eigenvalue weighted by Gasteiger charge is -2.34. The molecule has 168 valence electrons. The van der Waals surface area contributed by atoms with Crippen LogP contribution in [-0.4, -0.2) is 55.1 Å². The van der Waals surface area contributed by atoms with Gasteiger partial charge in [-0.05, 0) is 37.4 Å². The summed E-state index contributed by atoms with van der Waals surface area (Å²) in [5.41, 5.74) is 4.53. The Hall–Kier alpha value is -3.71. The van der Waals surface area contributed by atoms with Crippen LogP contribution < -0.4 is 15.5 Å². The second kappa shape index (κ2) is 9.03. The molecule has 5 rings (SSSR count). The molecule has 0 saturated carbocycles. The standard InChI is InChI=1S/C26H27FN6/c1-28-23-8-4-6-21(24(23)27)22-7-3-5-18-17-29-26(31-25(18)22)30-19-9-11-20(12-10-19)33-15-13-32(2)14-16-33/h3-12,17,28H,13-16H2,1-2H3,(H,29,30,31). The SMILES string of the molecule is CNc1cccc(-c2cccc3cnc(Nc4ccc(N5CCN(C)CC5)cc4)nc23)c1F. The highest BCUT2D eigenvalue weighted by Crippen LogP contribution is 2.32. The minimum atomic E-state index is -0.292. The topological polar surface area (TPSA) is 56.3 Å². The van der Waals surface area contributed by atoms with Gasteiger partial charge in [0.1, 0.15) is 0 Å². The van der Waals surface area contributed by atoms with E-state index in [1.54, 1.807) is 25.4 Å². The fraction of sp³-hybridized carbons (Fsp3) is 0.231. The van der Waals surface area contributed by atoms with Gasteiger partial charge in [0.15, 0.2) is 5.82 Å². The number of para-hydroxylation sites is 1. The van der Waals surface area contributed by atoms with Crippen molar-refractivity contribution in [1.29, 1.82) is 0 Å². The van der Waals surface area contributed by atoms with Crippen LogP contribution in [0.4, 0.5) is 27.4 Å². The Morgan fingerprint density at radius 3 is 2.36 bits per heavy atom. The molecule has 0 atom stereocenters. The molecular weight excluding hydrogens is 415 g/mol. The Labute approximate surface area is 193 Å². The molecule has 1 aliphatic heterocycles. The highest BCUT2D eigenvalue weighted by atomic mass is 19.1. The predicted octanol–water partition coefficient (Wildman–Crippen LogP) is 4.97. The van der Waals surface area contributed by atoms with Crippen molar-refractivity contribution in [2.75, 3.05) is 55.8 Å². The average Bonchev–Trinajstić information content (AvgIpc) is 2.85. The van der Waals surface area contributed by atoms with E-state index in [4.69, 9.17) is 4.98 Å². The number of fused-ring (bicyclic) bond motifs is 1. The van der Waals surface area contributed by atoms with Crippen molar-refractivity contribution in [1.82, 2.24) is 14.9 Å². The van der Waals surface area contributed by atoms with Crippen LogP contribution in [0.5, 0.6) is 0 Å². The Morgan fingerprint density at radius 1 is 0.879 bits per heavy atom. The number of likely N-dealkylation sites (N-methyl/N-ethyl adjacent to an activating group) is 1. The van der Waals surface area contributed by atoms with Crippen molar-refractivity contribution in [3.8, 4) is 11.1 Å². The fourth-order valence-corrected chi connectivity index (χ4v) is 4.22. The fourth-order valence-electron chi connectivity index (χ4n) is 4.22. The van der Waals surface area contributed by atoms with Gasteiger partial charge in [0.05, 0.1) is 11.2 Å². The highest BCUT2D eigenvalue weighted by Gasteiger charge is 2.15. The van der Waals surface area contributed by atoms with Crippen LogP contribution in [0.15, 0.2) is 66.9 Å². The van der Waals surface area contributed by atoms with Crippen molar-refractivity contribution in [3.63, 3.8) is 0 Å². The van der Waals surface area contributed by atoms with Crippen molar-refractivity contribution in [2.45, 2.75) is 0 Å². The summed E-state index contributed by atoms with van der Waals surface area (Å²) in [6.07, 6.45) is 1.77. The van der Waals surface area contributed by atoms with Crippen LogP contribution in [0.25, 0.3) is 22.0 Å². The van der Waals surface area contributed by atoms with Crippen molar-refractivity contribution in [2.24, 2.45) is 0 Å². The Bertz CT molecular complexity index is 1270. The van der Waals surface area contributed by atoms with Crippen molar-refractivity contribution in [3.05, 3.63) is 72.7 Å². The van der Waals surface area contributed by atoms with Gasteiger partial charge in [-0.1, -0.05) is 30.3 Å². The summed E-state index contributed by atoms with van der Waals surface area (Å²) in [5.74, 6) is 0.188. The molecule has 0 unspecified atom stereocenters. The number of nitrogens with one attached hydrogen (secondary N) is 2. The third kappa shape index (κ3) is 4.32. The molecule has 2 N–H and O–H groups in total. The first-order valence-corrected chi connectivity index (χ1v) is 11.2. The van der Waals surface area contributed by atoms with Gasteiger partial charge in [-0.25, -0.2) is 14.4 Å². The third-order valence-electron chi connectivity index (χ3n) is 6.16. The van der Waals surface area contributed by atoms with Crippen LogP contribution in [0.1, 0.15) is 0 Å². The van der Waals surface area contributed by atoms with Gasteiger partial charge >= 0.3 is 0 Å². The summed E-state index contributed by atoms with van der Waals surface area (Å²) >= 11 is 0. The molecule has 2 heterocycles. The molecule has 0 amide bonds. The van der Waals surface area contributed by atoms with E-state index in [-0.39, 0.29) is 5.82 Å². The van der Waals surface area contributed by atoms with Crippen LogP contribution in [0, 0.1) is 5.82 Å². The molecule has 3 aromatic carbocycles. The highest BCUT2D eigenvalue weighted by molar-refractivity contribution is 5.94. The number of rotatable bonds is 5. The maximum absolute atomic E-state index is 15.0. The molecule has 1 aromatic heterocycles. The quantitative estimate of drug-likeness (QED) is 0.455. The van der Waals surface area contributed by atoms with Crippen LogP contribution in [-0.2, 0) is 0 Å². The molecule has 7 heteroatoms. The normalized spacial score (nSPS) is 14.5. The van der Waals surface area contributed by atoms with E-state index in [0.29, 0.717) is 22.7 Å². The Kier molecular flexibility index (Phi) is 5.79. The summed E-state index contributed by atoms with van der Waals surface area (Å²) in [5, 5.41) is 7.05. The Morgan fingerprint density at radius 2 is 1.61 bits per heavy atom. The zero-order valence-electron chi connectivity index (χ0n) is 18.8. The van der Waals surface area contributed by atoms with Crippen LogP contribution in [0.3, 0.4) is 0 Å². The van der Waals surface area contributed by atoms with Gasteiger partial charge in [0.25, 0.3) is 0 Å². The summed E-state index contributed by atoms with van der Waals surface area (Å²) < 4.78 is 15.0. The Balaban J connectivity index is 1.42. The molecule has 4 aromatic rings. The van der Waals surface area contributed by atoms with E-state index in [1.165, 1.54) is 5.69 Å². The second-order valence-electron chi connectivity index (χ2n) is 8.32. The summed E-state index contributed by atoms with van der Waals surface area (Å²) in [7, 11) is 3.87. The second-order valence-corrected chi connectivity index (χ2v) is 8.32. The third-order valence-corrected chi connectivity index (χ3v) is 6.16. The number of aromatic nitrogens is 2. The molecule has 0 spiro atoms. The lowest BCUT2D eigenvalue weighted by Crippen LogP contribution is -2.44. The molecule has 1 aliphatic rings. The summed E-state index contributed by atoms with van der Waals surface area (Å²) in [4.78, 5) is 14.0. The first kappa shape index (κ1) is 21.2. The van der Waals surface area contributed by atoms with E-state index in [2.05, 4.69) is 44.6 Å². The molecule has 6 nitrogen and oxygen atoms in total. The zero-order chi connectivity index (χ0) is 22.8. The van der Waals surface area contributed by atoms with Crippen LogP contribution >= 0.6 is 0 Å². The number of hydrogen-bond acceptors (Lipinski definition) is 6. The molecular formula is C26H27FN6. The van der Waals surface area contributed by atoms with E-state index >= 15 is 4.39 Å². The van der Waals surface area contributed by atoms with Gasteiger partial charge in [-0.15, -0.1) is 0 Å². The molecule has 0 radical (unpaired) electrons. The lowest BCUT2D eigenvalue weighted by molar-refractivity contribution is 0.313. The number of hydrogen-bond donors (Lipinski definition) is 2. The van der Waals surface area contributed by atoms with Gasteiger partial charge in [-0.2, -0.15) is 0 Å². The van der Waals surface area contributed by atoms with E-state index in [1.807, 2.05) is 36.4 Å². The molecule has 33 heavy (non-hydrogen) atoms. The number of nitrogens with zero attached hydrogens (tertiary/aromatic N) is 4. The summed E-state index contributed by atoms with van der Waals surface area (Å²) in [6, 6.07) is 19.4. The van der Waals surface area contributed by atoms with Crippen molar-refractivity contribution < 1.29 is 4.39 Å². The minimum Gasteiger partial charge on any atom is -0.386 e. The number of piperazine rings is 1. The smallest absolute Gasteiger partial charge is 0.227 e. The number of halogens is 1. The van der Waals surface area contributed by atoms with Gasteiger partial charge in [0, 0.05) is 67.3 Å². The minimum absolute atomic E-state index is 0.292. The monoisotopic (exact) mass is 442 g/mol. The van der Waals surface area contributed by atoms with E-state index in [0.717, 1.165) is 42.8 Å². The lowest BCUT2D eigenvalue weighted by atomic mass is 10.0. The average molecular weight is 443 g/mol. The first-order chi connectivity index (χ1) is 16.1. The van der Waals surface area contributed by atoms with Gasteiger partial charge < -0.3 is 20.4 Å². The zero-order valence-corrected chi connectivity index (χ0v) is 18.8. The van der Waals surface area contributed by atoms with Gasteiger partial charge in [-0.3, -0.25) is 0 Å². The first-order valence-electron chi connectivity index (χ1n) is 11.2. The van der Waals surface area contributed by atoms with Crippen LogP contribution in [0.2, 0.25) is 0 Å². The predicted molar refractivity (Wildman–Crippen MR) is 134 cm³/mol. The number of anilines is 4. The number of benzene rings is 3. The van der Waals surface area contributed by atoms with E-state index < -0.39 is 0 Å². The van der Waals surface area contributed by atoms with E-state index in [9.17, 15) is 0 Å². The largest absolute Gasteiger partial charge is 0.386 e. The molecule has 1 saturated heterocycles. The molecule has 1 fully saturated rings. The molecule has 0 aliphatic carbocycles. The van der Waals surface area contributed by atoms with Crippen molar-refractivity contribution >= 4 is 33.9 Å². The molecule has 0 bridgehead atoms. The van der Waals surface area contributed by atoms with Gasteiger partial charge in [0.2, 0.25) is 5.95 Å².